The molecule has 1 unspecified atom stereocenters. The number of rotatable bonds is 5. The summed E-state index contributed by atoms with van der Waals surface area (Å²) in [5.41, 5.74) is 0.501. The Kier molecular flexibility index (Phi) is 5.82. The van der Waals surface area contributed by atoms with E-state index in [0.717, 1.165) is 4.90 Å². The maximum Gasteiger partial charge on any atom is 0.253 e. The first-order valence-corrected chi connectivity index (χ1v) is 6.82. The van der Waals surface area contributed by atoms with Crippen LogP contribution in [0.3, 0.4) is 0 Å². The summed E-state index contributed by atoms with van der Waals surface area (Å²) in [6.45, 7) is 2.36. The molecule has 0 aromatic heterocycles. The Morgan fingerprint density at radius 1 is 1.59 bits per heavy atom. The van der Waals surface area contributed by atoms with Gasteiger partial charge in [0.2, 0.25) is 0 Å². The van der Waals surface area contributed by atoms with Crippen molar-refractivity contribution in [3.63, 3.8) is 0 Å². The summed E-state index contributed by atoms with van der Waals surface area (Å²) in [6.07, 6.45) is 1.96. The van der Waals surface area contributed by atoms with Gasteiger partial charge in [-0.25, -0.2) is 0 Å². The molecule has 1 amide bonds. The normalized spacial score (nSPS) is 12.2. The molecule has 1 N–H and O–H groups in total. The van der Waals surface area contributed by atoms with E-state index in [1.807, 2.05) is 19.2 Å². The Morgan fingerprint density at radius 2 is 2.29 bits per heavy atom. The smallest absolute Gasteiger partial charge is 0.253 e. The van der Waals surface area contributed by atoms with Crippen LogP contribution in [0.2, 0.25) is 5.02 Å². The maximum absolute atomic E-state index is 12.0. The van der Waals surface area contributed by atoms with Gasteiger partial charge < -0.3 is 10.1 Å². The van der Waals surface area contributed by atoms with E-state index in [9.17, 15) is 4.79 Å². The standard InChI is InChI=1S/C12H16ClNO2S/c1-8(7-16-2)14-12(15)10-6-9(17-3)4-5-11(10)13/h4-6,8H,7H2,1-3H3,(H,14,15). The van der Waals surface area contributed by atoms with Gasteiger partial charge in [-0.1, -0.05) is 11.6 Å². The van der Waals surface area contributed by atoms with E-state index in [0.29, 0.717) is 17.2 Å². The van der Waals surface area contributed by atoms with E-state index in [2.05, 4.69) is 5.32 Å². The van der Waals surface area contributed by atoms with Crippen LogP contribution in [-0.2, 0) is 4.74 Å². The third kappa shape index (κ3) is 4.22. The minimum Gasteiger partial charge on any atom is -0.383 e. The van der Waals surface area contributed by atoms with Crippen LogP contribution in [0.1, 0.15) is 17.3 Å². The van der Waals surface area contributed by atoms with Crippen molar-refractivity contribution >= 4 is 29.3 Å². The highest BCUT2D eigenvalue weighted by Crippen LogP contribution is 2.22. The topological polar surface area (TPSA) is 38.3 Å². The van der Waals surface area contributed by atoms with Gasteiger partial charge in [-0.15, -0.1) is 11.8 Å². The molecule has 3 nitrogen and oxygen atoms in total. The van der Waals surface area contributed by atoms with Crippen molar-refractivity contribution in [2.24, 2.45) is 0 Å². The van der Waals surface area contributed by atoms with Crippen LogP contribution in [-0.4, -0.2) is 31.9 Å². The molecule has 0 saturated heterocycles. The lowest BCUT2D eigenvalue weighted by molar-refractivity contribution is 0.0905. The van der Waals surface area contributed by atoms with Gasteiger partial charge in [-0.05, 0) is 31.4 Å². The number of halogens is 1. The van der Waals surface area contributed by atoms with Crippen molar-refractivity contribution in [2.45, 2.75) is 17.9 Å². The summed E-state index contributed by atoms with van der Waals surface area (Å²) >= 11 is 7.58. The molecule has 0 spiro atoms. The number of hydrogen-bond donors (Lipinski definition) is 1. The van der Waals surface area contributed by atoms with Crippen LogP contribution < -0.4 is 5.32 Å². The van der Waals surface area contributed by atoms with E-state index in [-0.39, 0.29) is 11.9 Å². The van der Waals surface area contributed by atoms with Gasteiger partial charge >= 0.3 is 0 Å². The predicted molar refractivity (Wildman–Crippen MR) is 72.0 cm³/mol. The lowest BCUT2D eigenvalue weighted by atomic mass is 10.2. The third-order valence-electron chi connectivity index (χ3n) is 2.21. The zero-order valence-corrected chi connectivity index (χ0v) is 11.7. The minimum atomic E-state index is -0.171. The summed E-state index contributed by atoms with van der Waals surface area (Å²) in [5, 5.41) is 3.29. The molecule has 0 radical (unpaired) electrons. The number of carbonyl (C=O) groups excluding carboxylic acids is 1. The number of nitrogens with one attached hydrogen (secondary N) is 1. The molecule has 0 aliphatic rings. The second kappa shape index (κ2) is 6.89. The zero-order chi connectivity index (χ0) is 12.8. The Bertz CT molecular complexity index is 398. The summed E-state index contributed by atoms with van der Waals surface area (Å²) < 4.78 is 4.96. The lowest BCUT2D eigenvalue weighted by Crippen LogP contribution is -2.35. The number of ether oxygens (including phenoxy) is 1. The highest BCUT2D eigenvalue weighted by atomic mass is 35.5. The second-order valence-corrected chi connectivity index (χ2v) is 4.96. The number of thioether (sulfide) groups is 1. The fourth-order valence-electron chi connectivity index (χ4n) is 1.40. The molecule has 0 bridgehead atoms. The largest absolute Gasteiger partial charge is 0.383 e. The Labute approximate surface area is 111 Å². The van der Waals surface area contributed by atoms with Gasteiger partial charge in [0.25, 0.3) is 5.91 Å². The molecule has 0 aliphatic carbocycles. The van der Waals surface area contributed by atoms with Crippen molar-refractivity contribution in [1.29, 1.82) is 0 Å². The van der Waals surface area contributed by atoms with Gasteiger partial charge in [-0.2, -0.15) is 0 Å². The molecule has 0 saturated carbocycles. The quantitative estimate of drug-likeness (QED) is 0.839. The van der Waals surface area contributed by atoms with Crippen molar-refractivity contribution in [2.75, 3.05) is 20.0 Å². The summed E-state index contributed by atoms with van der Waals surface area (Å²) in [5.74, 6) is -0.171. The molecule has 0 fully saturated rings. The summed E-state index contributed by atoms with van der Waals surface area (Å²) in [7, 11) is 1.60. The van der Waals surface area contributed by atoms with Crippen molar-refractivity contribution < 1.29 is 9.53 Å². The fraction of sp³-hybridized carbons (Fsp3) is 0.417. The average molecular weight is 274 g/mol. The van der Waals surface area contributed by atoms with E-state index in [4.69, 9.17) is 16.3 Å². The molecule has 0 heterocycles. The van der Waals surface area contributed by atoms with Crippen molar-refractivity contribution in [3.05, 3.63) is 28.8 Å². The number of carbonyl (C=O) groups is 1. The molecule has 1 aromatic carbocycles. The Morgan fingerprint density at radius 3 is 2.88 bits per heavy atom. The number of methoxy groups -OCH3 is 1. The average Bonchev–Trinajstić information content (AvgIpc) is 2.29. The second-order valence-electron chi connectivity index (χ2n) is 3.68. The molecule has 17 heavy (non-hydrogen) atoms. The van der Waals surface area contributed by atoms with Gasteiger partial charge in [0, 0.05) is 18.0 Å². The van der Waals surface area contributed by atoms with E-state index in [1.165, 1.54) is 0 Å². The first-order chi connectivity index (χ1) is 8.08. The van der Waals surface area contributed by atoms with E-state index >= 15 is 0 Å². The van der Waals surface area contributed by atoms with Crippen LogP contribution in [0.25, 0.3) is 0 Å². The van der Waals surface area contributed by atoms with Crippen LogP contribution in [0.5, 0.6) is 0 Å². The van der Waals surface area contributed by atoms with Crippen LogP contribution in [0, 0.1) is 0 Å². The van der Waals surface area contributed by atoms with Crippen molar-refractivity contribution in [3.8, 4) is 0 Å². The summed E-state index contributed by atoms with van der Waals surface area (Å²) in [4.78, 5) is 13.0. The first-order valence-electron chi connectivity index (χ1n) is 5.21. The van der Waals surface area contributed by atoms with Gasteiger partial charge in [-0.3, -0.25) is 4.79 Å². The van der Waals surface area contributed by atoms with Gasteiger partial charge in [0.1, 0.15) is 0 Å². The molecule has 1 atom stereocenters. The fourth-order valence-corrected chi connectivity index (χ4v) is 2.04. The van der Waals surface area contributed by atoms with Crippen LogP contribution in [0.4, 0.5) is 0 Å². The predicted octanol–water partition coefficient (Wildman–Crippen LogP) is 2.83. The van der Waals surface area contributed by atoms with Gasteiger partial charge in [0.05, 0.1) is 17.2 Å². The SMILES string of the molecule is COCC(C)NC(=O)c1cc(SC)ccc1Cl. The lowest BCUT2D eigenvalue weighted by Gasteiger charge is -2.13. The van der Waals surface area contributed by atoms with Crippen LogP contribution in [0.15, 0.2) is 23.1 Å². The van der Waals surface area contributed by atoms with Crippen LogP contribution >= 0.6 is 23.4 Å². The highest BCUT2D eigenvalue weighted by molar-refractivity contribution is 7.98. The van der Waals surface area contributed by atoms with E-state index < -0.39 is 0 Å². The molecule has 94 valence electrons. The van der Waals surface area contributed by atoms with Gasteiger partial charge in [0.15, 0.2) is 0 Å². The highest BCUT2D eigenvalue weighted by Gasteiger charge is 2.13. The number of amides is 1. The first kappa shape index (κ1) is 14.4. The monoisotopic (exact) mass is 273 g/mol. The number of benzene rings is 1. The summed E-state index contributed by atoms with van der Waals surface area (Å²) in [6, 6.07) is 5.38. The molecule has 5 heteroatoms. The molecular weight excluding hydrogens is 258 g/mol. The maximum atomic E-state index is 12.0. The van der Waals surface area contributed by atoms with Crippen molar-refractivity contribution in [1.82, 2.24) is 5.32 Å². The Hall–Kier alpha value is -0.710. The Balaban J connectivity index is 2.80. The number of hydrogen-bond acceptors (Lipinski definition) is 3. The minimum absolute atomic E-state index is 0.0403. The van der Waals surface area contributed by atoms with E-state index in [1.54, 1.807) is 31.0 Å². The molecule has 1 rings (SSSR count). The zero-order valence-electron chi connectivity index (χ0n) is 10.1. The molecular formula is C12H16ClNO2S. The molecule has 0 aliphatic heterocycles. The third-order valence-corrected chi connectivity index (χ3v) is 3.27. The molecule has 1 aromatic rings.